The van der Waals surface area contributed by atoms with Gasteiger partial charge in [0.25, 0.3) is 0 Å². The van der Waals surface area contributed by atoms with Crippen LogP contribution in [0.15, 0.2) is 12.2 Å². The molecule has 0 atom stereocenters. The molecule has 0 aromatic heterocycles. The van der Waals surface area contributed by atoms with Gasteiger partial charge in [-0.15, -0.1) is 0 Å². The lowest BCUT2D eigenvalue weighted by atomic mass is 10.2. The molecule has 1 aliphatic rings. The summed E-state index contributed by atoms with van der Waals surface area (Å²) in [7, 11) is 0. The smallest absolute Gasteiger partial charge is 0.00159 e. The Bertz CT molecular complexity index is 103. The molecule has 1 saturated heterocycles. The van der Waals surface area contributed by atoms with Crippen LogP contribution in [-0.2, 0) is 0 Å². The lowest BCUT2D eigenvalue weighted by Gasteiger charge is -2.30. The zero-order valence-corrected chi connectivity index (χ0v) is 6.84. The number of hydrogen-bond acceptors (Lipinski definition) is 1. The Hall–Kier alpha value is -0.300. The fourth-order valence-corrected chi connectivity index (χ4v) is 1.15. The molecule has 0 radical (unpaired) electrons. The van der Waals surface area contributed by atoms with Gasteiger partial charge in [-0.1, -0.05) is 19.1 Å². The first kappa shape index (κ1) is 7.80. The van der Waals surface area contributed by atoms with Crippen molar-refractivity contribution in [3.8, 4) is 0 Å². The Balaban J connectivity index is 1.89. The van der Waals surface area contributed by atoms with Crippen LogP contribution in [0.25, 0.3) is 0 Å². The van der Waals surface area contributed by atoms with Crippen molar-refractivity contribution >= 4 is 0 Å². The molecule has 0 bridgehead atoms. The second-order valence-corrected chi connectivity index (χ2v) is 2.86. The molecule has 10 heavy (non-hydrogen) atoms. The minimum absolute atomic E-state index is 1.18. The van der Waals surface area contributed by atoms with Crippen LogP contribution in [0.1, 0.15) is 26.2 Å². The molecule has 1 heterocycles. The topological polar surface area (TPSA) is 3.24 Å². The summed E-state index contributed by atoms with van der Waals surface area (Å²) in [6, 6.07) is 0. The third kappa shape index (κ3) is 2.53. The summed E-state index contributed by atoms with van der Waals surface area (Å²) in [5, 5.41) is 0. The molecular formula is C9H17N. The molecule has 0 amide bonds. The second-order valence-electron chi connectivity index (χ2n) is 2.86. The van der Waals surface area contributed by atoms with E-state index in [0.29, 0.717) is 0 Å². The third-order valence-corrected chi connectivity index (χ3v) is 1.96. The first-order valence-corrected chi connectivity index (χ1v) is 4.31. The van der Waals surface area contributed by atoms with Crippen molar-refractivity contribution in [2.75, 3.05) is 19.6 Å². The van der Waals surface area contributed by atoms with E-state index in [1.54, 1.807) is 0 Å². The Labute approximate surface area is 63.7 Å². The first-order valence-electron chi connectivity index (χ1n) is 4.31. The molecule has 0 aromatic rings. The number of hydrogen-bond donors (Lipinski definition) is 0. The van der Waals surface area contributed by atoms with Crippen LogP contribution in [0.4, 0.5) is 0 Å². The predicted octanol–water partition coefficient (Wildman–Crippen LogP) is 2.05. The van der Waals surface area contributed by atoms with Gasteiger partial charge in [0, 0.05) is 6.54 Å². The summed E-state index contributed by atoms with van der Waals surface area (Å²) in [5.41, 5.74) is 0. The van der Waals surface area contributed by atoms with Crippen molar-refractivity contribution in [3.63, 3.8) is 0 Å². The monoisotopic (exact) mass is 139 g/mol. The van der Waals surface area contributed by atoms with Gasteiger partial charge in [-0.05, 0) is 32.4 Å². The van der Waals surface area contributed by atoms with Gasteiger partial charge in [0.15, 0.2) is 0 Å². The van der Waals surface area contributed by atoms with Crippen molar-refractivity contribution in [1.29, 1.82) is 0 Å². The Kier molecular flexibility index (Phi) is 3.52. The number of likely N-dealkylation sites (tertiary alicyclic amines) is 1. The van der Waals surface area contributed by atoms with Crippen LogP contribution in [0, 0.1) is 0 Å². The molecule has 0 spiro atoms. The van der Waals surface area contributed by atoms with Crippen molar-refractivity contribution in [1.82, 2.24) is 4.90 Å². The largest absolute Gasteiger partial charge is 0.303 e. The minimum Gasteiger partial charge on any atom is -0.303 e. The molecular weight excluding hydrogens is 122 g/mol. The average Bonchev–Trinajstić information content (AvgIpc) is 1.84. The van der Waals surface area contributed by atoms with Gasteiger partial charge in [-0.2, -0.15) is 0 Å². The number of allylic oxidation sites excluding steroid dienone is 1. The summed E-state index contributed by atoms with van der Waals surface area (Å²) in [6.07, 6.45) is 8.38. The standard InChI is InChI=1S/C9H17N/c1-2-3-4-5-7-10-8-6-9-10/h3-4H,2,5-9H2,1H3/b4-3+. The highest BCUT2D eigenvalue weighted by Gasteiger charge is 2.10. The third-order valence-electron chi connectivity index (χ3n) is 1.96. The highest BCUT2D eigenvalue weighted by atomic mass is 15.2. The molecule has 0 unspecified atom stereocenters. The minimum atomic E-state index is 1.18. The summed E-state index contributed by atoms with van der Waals surface area (Å²) >= 11 is 0. The molecule has 0 aliphatic carbocycles. The van der Waals surface area contributed by atoms with Crippen molar-refractivity contribution in [2.45, 2.75) is 26.2 Å². The van der Waals surface area contributed by atoms with Crippen molar-refractivity contribution < 1.29 is 0 Å². The van der Waals surface area contributed by atoms with Crippen LogP contribution >= 0.6 is 0 Å². The van der Waals surface area contributed by atoms with E-state index in [1.165, 1.54) is 38.9 Å². The SMILES string of the molecule is CC/C=C/CCN1CCC1. The lowest BCUT2D eigenvalue weighted by Crippen LogP contribution is -2.37. The molecule has 0 saturated carbocycles. The molecule has 1 nitrogen and oxygen atoms in total. The molecule has 0 aromatic carbocycles. The zero-order chi connectivity index (χ0) is 7.23. The highest BCUT2D eigenvalue weighted by Crippen LogP contribution is 2.05. The lowest BCUT2D eigenvalue weighted by molar-refractivity contribution is 0.185. The maximum atomic E-state index is 2.50. The van der Waals surface area contributed by atoms with Crippen molar-refractivity contribution in [3.05, 3.63) is 12.2 Å². The quantitative estimate of drug-likeness (QED) is 0.539. The average molecular weight is 139 g/mol. The maximum absolute atomic E-state index is 2.50. The van der Waals surface area contributed by atoms with Crippen LogP contribution in [-0.4, -0.2) is 24.5 Å². The fraction of sp³-hybridized carbons (Fsp3) is 0.778. The van der Waals surface area contributed by atoms with E-state index >= 15 is 0 Å². The summed E-state index contributed by atoms with van der Waals surface area (Å²) in [6.45, 7) is 6.12. The van der Waals surface area contributed by atoms with Crippen LogP contribution in [0.2, 0.25) is 0 Å². The van der Waals surface area contributed by atoms with Gasteiger partial charge in [0.2, 0.25) is 0 Å². The number of nitrogens with zero attached hydrogens (tertiary/aromatic N) is 1. The van der Waals surface area contributed by atoms with Crippen molar-refractivity contribution in [2.24, 2.45) is 0 Å². The highest BCUT2D eigenvalue weighted by molar-refractivity contribution is 4.82. The van der Waals surface area contributed by atoms with Gasteiger partial charge in [0.1, 0.15) is 0 Å². The van der Waals surface area contributed by atoms with E-state index in [1.807, 2.05) is 0 Å². The summed E-state index contributed by atoms with van der Waals surface area (Å²) < 4.78 is 0. The van der Waals surface area contributed by atoms with Crippen LogP contribution in [0.3, 0.4) is 0 Å². The Morgan fingerprint density at radius 2 is 2.10 bits per heavy atom. The molecule has 1 rings (SSSR count). The summed E-state index contributed by atoms with van der Waals surface area (Å²) in [4.78, 5) is 2.50. The van der Waals surface area contributed by atoms with E-state index in [-0.39, 0.29) is 0 Å². The van der Waals surface area contributed by atoms with E-state index in [0.717, 1.165) is 0 Å². The molecule has 1 fully saturated rings. The Morgan fingerprint density at radius 1 is 1.30 bits per heavy atom. The van der Waals surface area contributed by atoms with Crippen LogP contribution < -0.4 is 0 Å². The zero-order valence-electron chi connectivity index (χ0n) is 6.84. The van der Waals surface area contributed by atoms with Crippen LogP contribution in [0.5, 0.6) is 0 Å². The normalized spacial score (nSPS) is 19.7. The van der Waals surface area contributed by atoms with Gasteiger partial charge in [-0.25, -0.2) is 0 Å². The molecule has 58 valence electrons. The maximum Gasteiger partial charge on any atom is 0.00159 e. The number of rotatable bonds is 4. The summed E-state index contributed by atoms with van der Waals surface area (Å²) in [5.74, 6) is 0. The van der Waals surface area contributed by atoms with Gasteiger partial charge in [-0.3, -0.25) is 0 Å². The fourth-order valence-electron chi connectivity index (χ4n) is 1.15. The molecule has 1 aliphatic heterocycles. The Morgan fingerprint density at radius 3 is 2.60 bits per heavy atom. The van der Waals surface area contributed by atoms with Gasteiger partial charge >= 0.3 is 0 Å². The van der Waals surface area contributed by atoms with Gasteiger partial charge in [0.05, 0.1) is 0 Å². The second kappa shape index (κ2) is 4.51. The predicted molar refractivity (Wildman–Crippen MR) is 45.1 cm³/mol. The van der Waals surface area contributed by atoms with E-state index in [9.17, 15) is 0 Å². The van der Waals surface area contributed by atoms with E-state index in [4.69, 9.17) is 0 Å². The first-order chi connectivity index (χ1) is 4.93. The van der Waals surface area contributed by atoms with E-state index < -0.39 is 0 Å². The molecule has 1 heteroatoms. The van der Waals surface area contributed by atoms with E-state index in [2.05, 4.69) is 24.0 Å². The van der Waals surface area contributed by atoms with Gasteiger partial charge < -0.3 is 4.90 Å². The molecule has 0 N–H and O–H groups in total.